The zero-order chi connectivity index (χ0) is 27.1. The number of anilines is 2. The number of benzene rings is 3. The van der Waals surface area contributed by atoms with Gasteiger partial charge >= 0.3 is 0 Å². The van der Waals surface area contributed by atoms with Gasteiger partial charge in [0.05, 0.1) is 31.7 Å². The highest BCUT2D eigenvalue weighted by Gasteiger charge is 2.19. The quantitative estimate of drug-likeness (QED) is 0.313. The highest BCUT2D eigenvalue weighted by atomic mass is 16.5. The molecule has 0 aliphatic carbocycles. The van der Waals surface area contributed by atoms with E-state index in [9.17, 15) is 9.59 Å². The van der Waals surface area contributed by atoms with Crippen molar-refractivity contribution in [2.75, 3.05) is 37.5 Å². The van der Waals surface area contributed by atoms with Crippen molar-refractivity contribution in [3.8, 4) is 11.5 Å². The average Bonchev–Trinajstić information content (AvgIpc) is 2.95. The summed E-state index contributed by atoms with van der Waals surface area (Å²) >= 11 is 0. The zero-order valence-electron chi connectivity index (χ0n) is 22.3. The number of hydrazone groups is 1. The monoisotopic (exact) mass is 514 g/mol. The maximum Gasteiger partial charge on any atom is 0.273 e. The number of nitrogens with one attached hydrogen (secondary N) is 2. The van der Waals surface area contributed by atoms with Crippen molar-refractivity contribution in [1.82, 2.24) is 5.43 Å². The van der Waals surface area contributed by atoms with Gasteiger partial charge in [0.1, 0.15) is 0 Å². The zero-order valence-corrected chi connectivity index (χ0v) is 22.3. The minimum absolute atomic E-state index is 0.333. The summed E-state index contributed by atoms with van der Waals surface area (Å²) in [6.07, 6.45) is 5.04. The molecule has 3 aromatic rings. The molecule has 38 heavy (non-hydrogen) atoms. The molecule has 4 rings (SSSR count). The molecule has 0 unspecified atom stereocenters. The molecule has 1 heterocycles. The lowest BCUT2D eigenvalue weighted by atomic mass is 10.1. The van der Waals surface area contributed by atoms with Crippen LogP contribution in [0.1, 0.15) is 56.7 Å². The fraction of sp³-hybridized carbons (Fsp3) is 0.300. The van der Waals surface area contributed by atoms with Crippen LogP contribution >= 0.6 is 0 Å². The normalized spacial score (nSPS) is 13.3. The molecule has 0 bridgehead atoms. The lowest BCUT2D eigenvalue weighted by Gasteiger charge is -2.29. The van der Waals surface area contributed by atoms with Crippen molar-refractivity contribution in [3.05, 3.63) is 82.4 Å². The molecular formula is C30H34N4O4. The average molecular weight is 515 g/mol. The van der Waals surface area contributed by atoms with Crippen LogP contribution in [0.5, 0.6) is 11.5 Å². The molecule has 0 spiro atoms. The Morgan fingerprint density at radius 2 is 1.61 bits per heavy atom. The Hall–Kier alpha value is -4.33. The molecule has 8 nitrogen and oxygen atoms in total. The van der Waals surface area contributed by atoms with Crippen molar-refractivity contribution in [1.29, 1.82) is 0 Å². The first-order valence-electron chi connectivity index (χ1n) is 12.7. The molecule has 3 aromatic carbocycles. The van der Waals surface area contributed by atoms with Gasteiger partial charge in [0.15, 0.2) is 11.5 Å². The number of ether oxygens (including phenoxy) is 2. The van der Waals surface area contributed by atoms with E-state index in [1.54, 1.807) is 30.5 Å². The van der Waals surface area contributed by atoms with Gasteiger partial charge < -0.3 is 19.7 Å². The number of nitrogens with zero attached hydrogens (tertiary/aromatic N) is 2. The number of carbonyl (C=O) groups is 2. The van der Waals surface area contributed by atoms with Gasteiger partial charge in [0.25, 0.3) is 11.8 Å². The molecule has 198 valence electrons. The highest BCUT2D eigenvalue weighted by Crippen LogP contribution is 2.29. The van der Waals surface area contributed by atoms with E-state index in [2.05, 4.69) is 20.7 Å². The molecule has 0 radical (unpaired) electrons. The van der Waals surface area contributed by atoms with Crippen molar-refractivity contribution in [2.24, 2.45) is 5.10 Å². The number of hydrogen-bond donors (Lipinski definition) is 2. The molecule has 2 N–H and O–H groups in total. The SMILES string of the molecule is COc1ccc(C(=O)Nc2ccc(N3CCCCC3)cc2C(=O)NN=Cc2ccc(C)c(C)c2)cc1OC. The molecule has 0 aromatic heterocycles. The fourth-order valence-corrected chi connectivity index (χ4v) is 4.42. The molecule has 1 saturated heterocycles. The van der Waals surface area contributed by atoms with Crippen LogP contribution in [0.3, 0.4) is 0 Å². The van der Waals surface area contributed by atoms with Gasteiger partial charge in [-0.25, -0.2) is 5.43 Å². The Balaban J connectivity index is 1.59. The van der Waals surface area contributed by atoms with E-state index in [0.29, 0.717) is 28.3 Å². The molecule has 1 fully saturated rings. The van der Waals surface area contributed by atoms with Crippen molar-refractivity contribution in [2.45, 2.75) is 33.1 Å². The molecular weight excluding hydrogens is 480 g/mol. The maximum atomic E-state index is 13.3. The lowest BCUT2D eigenvalue weighted by molar-refractivity contribution is 0.0956. The van der Waals surface area contributed by atoms with Crippen LogP contribution in [0, 0.1) is 13.8 Å². The van der Waals surface area contributed by atoms with E-state index in [0.717, 1.165) is 42.7 Å². The number of methoxy groups -OCH3 is 2. The number of piperidine rings is 1. The van der Waals surface area contributed by atoms with Crippen LogP contribution in [-0.4, -0.2) is 45.3 Å². The van der Waals surface area contributed by atoms with Gasteiger partial charge in [0.2, 0.25) is 0 Å². The summed E-state index contributed by atoms with van der Waals surface area (Å²) in [6, 6.07) is 16.4. The molecule has 2 amide bonds. The summed E-state index contributed by atoms with van der Waals surface area (Å²) in [4.78, 5) is 28.7. The second-order valence-corrected chi connectivity index (χ2v) is 9.34. The van der Waals surface area contributed by atoms with E-state index in [-0.39, 0.29) is 5.91 Å². The van der Waals surface area contributed by atoms with Crippen LogP contribution in [0.25, 0.3) is 0 Å². The number of amides is 2. The topological polar surface area (TPSA) is 92.3 Å². The first kappa shape index (κ1) is 26.7. The van der Waals surface area contributed by atoms with Gasteiger partial charge in [-0.1, -0.05) is 18.2 Å². The van der Waals surface area contributed by atoms with E-state index < -0.39 is 5.91 Å². The second-order valence-electron chi connectivity index (χ2n) is 9.34. The predicted molar refractivity (Wildman–Crippen MR) is 151 cm³/mol. The van der Waals surface area contributed by atoms with E-state index in [1.165, 1.54) is 26.2 Å². The van der Waals surface area contributed by atoms with Crippen molar-refractivity contribution < 1.29 is 19.1 Å². The third kappa shape index (κ3) is 6.32. The smallest absolute Gasteiger partial charge is 0.273 e. The standard InChI is InChI=1S/C30H34N4O4/c1-20-8-9-22(16-21(20)2)19-31-33-30(36)25-18-24(34-14-6-5-7-15-34)11-12-26(25)32-29(35)23-10-13-27(37-3)28(17-23)38-4/h8-13,16-19H,5-7,14-15H2,1-4H3,(H,32,35)(H,33,36). The van der Waals surface area contributed by atoms with Crippen LogP contribution in [0.15, 0.2) is 59.7 Å². The van der Waals surface area contributed by atoms with Crippen LogP contribution in [0.4, 0.5) is 11.4 Å². The number of carbonyl (C=O) groups excluding carboxylic acids is 2. The first-order chi connectivity index (χ1) is 18.4. The summed E-state index contributed by atoms with van der Waals surface area (Å²) in [5, 5.41) is 7.05. The van der Waals surface area contributed by atoms with Gasteiger partial charge in [-0.05, 0) is 86.2 Å². The van der Waals surface area contributed by atoms with Crippen molar-refractivity contribution in [3.63, 3.8) is 0 Å². The van der Waals surface area contributed by atoms with E-state index >= 15 is 0 Å². The van der Waals surface area contributed by atoms with E-state index in [1.807, 2.05) is 44.2 Å². The summed E-state index contributed by atoms with van der Waals surface area (Å²) in [5.41, 5.74) is 7.89. The molecule has 1 aliphatic rings. The number of aryl methyl sites for hydroxylation is 2. The minimum atomic E-state index is -0.411. The minimum Gasteiger partial charge on any atom is -0.493 e. The third-order valence-electron chi connectivity index (χ3n) is 6.77. The Morgan fingerprint density at radius 3 is 2.32 bits per heavy atom. The van der Waals surface area contributed by atoms with Crippen molar-refractivity contribution >= 4 is 29.4 Å². The first-order valence-corrected chi connectivity index (χ1v) is 12.7. The summed E-state index contributed by atoms with van der Waals surface area (Å²) < 4.78 is 10.6. The van der Waals surface area contributed by atoms with E-state index in [4.69, 9.17) is 9.47 Å². The van der Waals surface area contributed by atoms with Crippen LogP contribution in [-0.2, 0) is 0 Å². The lowest BCUT2D eigenvalue weighted by Crippen LogP contribution is -2.30. The largest absolute Gasteiger partial charge is 0.493 e. The van der Waals surface area contributed by atoms with Gasteiger partial charge in [-0.2, -0.15) is 5.10 Å². The molecule has 8 heteroatoms. The Morgan fingerprint density at radius 1 is 0.842 bits per heavy atom. The number of rotatable bonds is 8. The summed E-state index contributed by atoms with van der Waals surface area (Å²) in [7, 11) is 3.05. The Bertz CT molecular complexity index is 1350. The molecule has 1 aliphatic heterocycles. The number of hydrogen-bond acceptors (Lipinski definition) is 6. The Kier molecular flexibility index (Phi) is 8.63. The van der Waals surface area contributed by atoms with Gasteiger partial charge in [-0.3, -0.25) is 9.59 Å². The predicted octanol–water partition coefficient (Wildman–Crippen LogP) is 5.33. The Labute approximate surface area is 223 Å². The third-order valence-corrected chi connectivity index (χ3v) is 6.77. The van der Waals surface area contributed by atoms with Gasteiger partial charge in [0, 0.05) is 24.3 Å². The van der Waals surface area contributed by atoms with Crippen LogP contribution < -0.4 is 25.1 Å². The van der Waals surface area contributed by atoms with Gasteiger partial charge in [-0.15, -0.1) is 0 Å². The fourth-order valence-electron chi connectivity index (χ4n) is 4.42. The highest BCUT2D eigenvalue weighted by molar-refractivity contribution is 6.09. The molecule has 0 atom stereocenters. The second kappa shape index (κ2) is 12.3. The van der Waals surface area contributed by atoms with Crippen LogP contribution in [0.2, 0.25) is 0 Å². The summed E-state index contributed by atoms with van der Waals surface area (Å²) in [5.74, 6) is 0.187. The molecule has 0 saturated carbocycles. The summed E-state index contributed by atoms with van der Waals surface area (Å²) in [6.45, 7) is 5.95. The maximum absolute atomic E-state index is 13.3.